The Labute approximate surface area is 184 Å². The molecule has 0 radical (unpaired) electrons. The standard InChI is InChI=1S/C20H18ClFN8O2/c1-9(13-7-11(21)2-5-14(13)22)24-18-27-16-10(6-15-17(31)28-20(32)26-15)8-23-30(16)19(29-18)25-12-3-4-12/h2,5-9,12,31H,3-4H2,1H3,(H,24,25,29)(H2,26,28,32)/b10-6+/t9-/m0/s1. The lowest BCUT2D eigenvalue weighted by Gasteiger charge is -2.15. The Kier molecular flexibility index (Phi) is 4.89. The van der Waals surface area contributed by atoms with Crippen LogP contribution in [0.25, 0.3) is 11.7 Å². The van der Waals surface area contributed by atoms with Crippen LogP contribution in [-0.4, -0.2) is 40.7 Å². The monoisotopic (exact) mass is 456 g/mol. The van der Waals surface area contributed by atoms with Gasteiger partial charge in [-0.15, -0.1) is 0 Å². The number of hydrogen-bond acceptors (Lipinski definition) is 7. The van der Waals surface area contributed by atoms with Crippen LogP contribution in [-0.2, 0) is 0 Å². The number of benzene rings is 1. The molecule has 0 bridgehead atoms. The third-order valence-electron chi connectivity index (χ3n) is 5.03. The van der Waals surface area contributed by atoms with Gasteiger partial charge in [-0.25, -0.2) is 14.2 Å². The molecule has 3 heterocycles. The number of aromatic hydroxyl groups is 1. The van der Waals surface area contributed by atoms with Crippen LogP contribution in [0, 0.1) is 5.82 Å². The lowest BCUT2D eigenvalue weighted by Crippen LogP contribution is -2.25. The van der Waals surface area contributed by atoms with Gasteiger partial charge in [-0.1, -0.05) is 11.6 Å². The summed E-state index contributed by atoms with van der Waals surface area (Å²) < 4.78 is 15.8. The number of aromatic amines is 2. The molecule has 4 aromatic rings. The average Bonchev–Trinajstić information content (AvgIpc) is 3.38. The molecule has 3 aromatic heterocycles. The van der Waals surface area contributed by atoms with E-state index in [0.29, 0.717) is 27.1 Å². The minimum atomic E-state index is -0.538. The van der Waals surface area contributed by atoms with Crippen molar-refractivity contribution in [3.05, 3.63) is 67.8 Å². The molecule has 164 valence electrons. The van der Waals surface area contributed by atoms with Gasteiger partial charge in [0.1, 0.15) is 11.5 Å². The number of nitrogens with zero attached hydrogens (tertiary/aromatic N) is 5. The maximum absolute atomic E-state index is 14.3. The van der Waals surface area contributed by atoms with E-state index in [2.05, 4.69) is 35.3 Å². The Morgan fingerprint density at radius 3 is 2.91 bits per heavy atom. The van der Waals surface area contributed by atoms with Crippen LogP contribution in [0.4, 0.5) is 10.3 Å². The first kappa shape index (κ1) is 20.2. The molecule has 32 heavy (non-hydrogen) atoms. The van der Waals surface area contributed by atoms with E-state index in [-0.39, 0.29) is 23.6 Å². The van der Waals surface area contributed by atoms with Crippen LogP contribution in [0.5, 0.6) is 5.88 Å². The molecule has 12 heteroatoms. The highest BCUT2D eigenvalue weighted by Crippen LogP contribution is 2.24. The molecule has 1 aromatic carbocycles. The number of imidazole rings is 1. The number of fused-ring (bicyclic) bond motifs is 1. The third kappa shape index (κ3) is 3.94. The number of rotatable bonds is 5. The van der Waals surface area contributed by atoms with Gasteiger partial charge in [0.25, 0.3) is 5.62 Å². The molecule has 5 rings (SSSR count). The van der Waals surface area contributed by atoms with Gasteiger partial charge >= 0.3 is 5.69 Å². The Hall–Kier alpha value is -3.73. The maximum Gasteiger partial charge on any atom is 0.326 e. The van der Waals surface area contributed by atoms with Crippen LogP contribution < -0.4 is 21.8 Å². The summed E-state index contributed by atoms with van der Waals surface area (Å²) in [4.78, 5) is 29.8. The van der Waals surface area contributed by atoms with Crippen LogP contribution in [0.1, 0.15) is 37.1 Å². The van der Waals surface area contributed by atoms with E-state index in [1.54, 1.807) is 13.0 Å². The van der Waals surface area contributed by atoms with Gasteiger partial charge < -0.3 is 15.4 Å². The van der Waals surface area contributed by atoms with Crippen molar-refractivity contribution in [2.45, 2.75) is 31.8 Å². The molecular weight excluding hydrogens is 439 g/mol. The zero-order valence-corrected chi connectivity index (χ0v) is 17.6. The Balaban J connectivity index is 1.62. The highest BCUT2D eigenvalue weighted by Gasteiger charge is 2.21. The summed E-state index contributed by atoms with van der Waals surface area (Å²) in [5.74, 6) is -0.468. The average molecular weight is 457 g/mol. The van der Waals surface area contributed by atoms with Crippen LogP contribution in [0.15, 0.2) is 34.2 Å². The molecule has 1 saturated carbocycles. The summed E-state index contributed by atoms with van der Waals surface area (Å²) in [6, 6.07) is 4.03. The molecule has 1 atom stereocenters. The van der Waals surface area contributed by atoms with Crippen LogP contribution in [0.2, 0.25) is 5.02 Å². The second-order valence-corrected chi connectivity index (χ2v) is 8.00. The van der Waals surface area contributed by atoms with Crippen LogP contribution >= 0.6 is 11.6 Å². The number of aromatic nitrogens is 6. The van der Waals surface area contributed by atoms with Gasteiger partial charge in [0.05, 0.1) is 18.3 Å². The number of halogens is 2. The highest BCUT2D eigenvalue weighted by molar-refractivity contribution is 6.30. The first-order valence-corrected chi connectivity index (χ1v) is 10.3. The summed E-state index contributed by atoms with van der Waals surface area (Å²) in [6.07, 6.45) is 5.01. The van der Waals surface area contributed by atoms with Gasteiger partial charge in [-0.3, -0.25) is 4.98 Å². The highest BCUT2D eigenvalue weighted by atomic mass is 35.5. The van der Waals surface area contributed by atoms with Crippen molar-refractivity contribution >= 4 is 29.3 Å². The van der Waals surface area contributed by atoms with Gasteiger partial charge in [-0.05, 0) is 44.0 Å². The van der Waals surface area contributed by atoms with Gasteiger partial charge in [-0.2, -0.15) is 19.6 Å². The lowest BCUT2D eigenvalue weighted by atomic mass is 10.1. The molecule has 0 spiro atoms. The molecule has 0 saturated heterocycles. The molecule has 0 aliphatic heterocycles. The van der Waals surface area contributed by atoms with Crippen molar-refractivity contribution < 1.29 is 9.50 Å². The van der Waals surface area contributed by atoms with Crippen molar-refractivity contribution in [3.8, 4) is 5.88 Å². The smallest absolute Gasteiger partial charge is 0.326 e. The summed E-state index contributed by atoms with van der Waals surface area (Å²) in [6.45, 7) is 1.77. The van der Waals surface area contributed by atoms with Crippen molar-refractivity contribution in [3.63, 3.8) is 0 Å². The Morgan fingerprint density at radius 1 is 1.38 bits per heavy atom. The lowest BCUT2D eigenvalue weighted by molar-refractivity contribution is 0.454. The van der Waals surface area contributed by atoms with E-state index in [0.717, 1.165) is 12.8 Å². The molecule has 1 aliphatic rings. The van der Waals surface area contributed by atoms with E-state index in [1.807, 2.05) is 0 Å². The molecule has 4 N–H and O–H groups in total. The van der Waals surface area contributed by atoms with Gasteiger partial charge in [0.15, 0.2) is 5.65 Å². The minimum Gasteiger partial charge on any atom is -0.493 e. The summed E-state index contributed by atoms with van der Waals surface area (Å²) in [5.41, 5.74) is 0.779. The van der Waals surface area contributed by atoms with Crippen molar-refractivity contribution in [2.75, 3.05) is 5.32 Å². The van der Waals surface area contributed by atoms with Crippen molar-refractivity contribution in [2.24, 2.45) is 4.99 Å². The second kappa shape index (κ2) is 7.75. The van der Waals surface area contributed by atoms with Crippen molar-refractivity contribution in [1.29, 1.82) is 0 Å². The first-order valence-electron chi connectivity index (χ1n) is 9.91. The Morgan fingerprint density at radius 2 is 2.19 bits per heavy atom. The quantitative estimate of drug-likeness (QED) is 0.358. The van der Waals surface area contributed by atoms with Crippen molar-refractivity contribution in [1.82, 2.24) is 29.5 Å². The zero-order chi connectivity index (χ0) is 22.4. The predicted octanol–water partition coefficient (Wildman–Crippen LogP) is 1.42. The van der Waals surface area contributed by atoms with E-state index >= 15 is 0 Å². The summed E-state index contributed by atoms with van der Waals surface area (Å²) >= 11 is 6.02. The number of H-pyrrole nitrogens is 2. The molecule has 10 nitrogen and oxygen atoms in total. The normalized spacial score (nSPS) is 16.1. The van der Waals surface area contributed by atoms with Gasteiger partial charge in [0, 0.05) is 15.8 Å². The minimum absolute atomic E-state index is 0.172. The third-order valence-corrected chi connectivity index (χ3v) is 5.26. The Bertz CT molecular complexity index is 1500. The SMILES string of the molecule is C[C@H](Nc1nc(=NC2CC2)n2nc/c(=C\c3[nH]c(=O)[nH]c3O)c2n1)c1cc(Cl)ccc1F. The zero-order valence-electron chi connectivity index (χ0n) is 16.8. The largest absolute Gasteiger partial charge is 0.493 e. The maximum atomic E-state index is 14.3. The predicted molar refractivity (Wildman–Crippen MR) is 115 cm³/mol. The second-order valence-electron chi connectivity index (χ2n) is 7.56. The topological polar surface area (TPSA) is 136 Å². The summed E-state index contributed by atoms with van der Waals surface area (Å²) in [7, 11) is 0. The van der Waals surface area contributed by atoms with E-state index in [4.69, 9.17) is 11.6 Å². The van der Waals surface area contributed by atoms with Crippen LogP contribution in [0.3, 0.4) is 0 Å². The molecular formula is C20H18ClFN8O2. The summed E-state index contributed by atoms with van der Waals surface area (Å²) in [5, 5.41) is 18.2. The molecule has 0 amide bonds. The van der Waals surface area contributed by atoms with E-state index in [9.17, 15) is 14.3 Å². The van der Waals surface area contributed by atoms with Gasteiger partial charge in [0.2, 0.25) is 11.8 Å². The fourth-order valence-electron chi connectivity index (χ4n) is 3.26. The molecule has 1 fully saturated rings. The fraction of sp³-hybridized carbons (Fsp3) is 0.250. The number of nitrogens with one attached hydrogen (secondary N) is 3. The number of anilines is 1. The first-order chi connectivity index (χ1) is 15.4. The fourth-order valence-corrected chi connectivity index (χ4v) is 3.44. The molecule has 1 aliphatic carbocycles. The molecule has 0 unspecified atom stereocenters. The van der Waals surface area contributed by atoms with E-state index < -0.39 is 17.5 Å². The number of hydrogen-bond donors (Lipinski definition) is 4. The van der Waals surface area contributed by atoms with E-state index in [1.165, 1.54) is 28.9 Å².